The second kappa shape index (κ2) is 9.29. The first-order valence-corrected chi connectivity index (χ1v) is 34.3. The molecule has 2 atom stereocenters. The van der Waals surface area contributed by atoms with Gasteiger partial charge in [0.05, 0.1) is 0 Å². The van der Waals surface area contributed by atoms with Gasteiger partial charge in [-0.1, -0.05) is 0 Å². The molecular formula is C35H48HfSi. The zero-order valence-corrected chi connectivity index (χ0v) is 29.4. The van der Waals surface area contributed by atoms with E-state index in [0.29, 0.717) is 13.6 Å². The van der Waals surface area contributed by atoms with Crippen LogP contribution < -0.4 is 0 Å². The summed E-state index contributed by atoms with van der Waals surface area (Å²) in [5.74, 6) is 0. The predicted octanol–water partition coefficient (Wildman–Crippen LogP) is 9.48. The van der Waals surface area contributed by atoms with Crippen molar-refractivity contribution >= 4 is 18.4 Å². The van der Waals surface area contributed by atoms with Crippen LogP contribution in [0.1, 0.15) is 113 Å². The Morgan fingerprint density at radius 3 is 1.54 bits per heavy atom. The van der Waals surface area contributed by atoms with Crippen LogP contribution in [-0.4, -0.2) is 6.22 Å². The van der Waals surface area contributed by atoms with E-state index < -0.39 is 17.1 Å². The van der Waals surface area contributed by atoms with Crippen LogP contribution in [0.5, 0.6) is 0 Å². The zero-order chi connectivity index (χ0) is 26.1. The van der Waals surface area contributed by atoms with Crippen molar-refractivity contribution in [2.45, 2.75) is 115 Å². The van der Waals surface area contributed by atoms with Gasteiger partial charge in [0.15, 0.2) is 0 Å². The van der Waals surface area contributed by atoms with E-state index in [1.54, 1.807) is 66.8 Å². The molecular weight excluding hydrogens is 627 g/mol. The van der Waals surface area contributed by atoms with Gasteiger partial charge in [0.1, 0.15) is 0 Å². The average Bonchev–Trinajstić information content (AvgIpc) is 3.67. The van der Waals surface area contributed by atoms with Gasteiger partial charge >= 0.3 is 230 Å². The number of hydrogen-bond donors (Lipinski definition) is 0. The summed E-state index contributed by atoms with van der Waals surface area (Å²) >= 11 is -3.58. The second-order valence-corrected chi connectivity index (χ2v) is 58.3. The molecule has 0 saturated heterocycles. The summed E-state index contributed by atoms with van der Waals surface area (Å²) in [6, 6.07) is 1.50. The summed E-state index contributed by atoms with van der Waals surface area (Å²) in [6.45, 7) is 12.3. The van der Waals surface area contributed by atoms with Crippen LogP contribution in [0.2, 0.25) is 15.4 Å². The summed E-state index contributed by atoms with van der Waals surface area (Å²) in [7, 11) is 0. The van der Waals surface area contributed by atoms with Crippen LogP contribution in [-0.2, 0) is 42.8 Å². The molecule has 0 nitrogen and oxygen atoms in total. The molecule has 0 heterocycles. The number of unbranched alkanes of at least 4 members (excludes halogenated alkanes) is 2. The van der Waals surface area contributed by atoms with E-state index in [4.69, 9.17) is 0 Å². The molecule has 0 saturated carbocycles. The molecule has 0 amide bonds. The molecule has 0 aromatic heterocycles. The molecule has 0 spiro atoms. The molecule has 2 unspecified atom stereocenters. The molecule has 0 radical (unpaired) electrons. The van der Waals surface area contributed by atoms with Gasteiger partial charge in [0.25, 0.3) is 0 Å². The number of hydrogen-bond acceptors (Lipinski definition) is 0. The zero-order valence-electron chi connectivity index (χ0n) is 24.6. The minimum atomic E-state index is -3.58. The Morgan fingerprint density at radius 2 is 1.11 bits per heavy atom. The van der Waals surface area contributed by atoms with Crippen molar-refractivity contribution in [2.24, 2.45) is 0 Å². The van der Waals surface area contributed by atoms with E-state index in [1.165, 1.54) is 63.8 Å². The van der Waals surface area contributed by atoms with Gasteiger partial charge in [-0.2, -0.15) is 0 Å². The molecule has 4 aliphatic rings. The Labute approximate surface area is 228 Å². The predicted molar refractivity (Wildman–Crippen MR) is 163 cm³/mol. The van der Waals surface area contributed by atoms with E-state index in [2.05, 4.69) is 68.3 Å². The van der Waals surface area contributed by atoms with Crippen LogP contribution in [0.15, 0.2) is 12.2 Å². The van der Waals surface area contributed by atoms with Crippen molar-refractivity contribution in [1.82, 2.24) is 0 Å². The summed E-state index contributed by atoms with van der Waals surface area (Å²) in [4.78, 5) is 0. The third kappa shape index (κ3) is 3.74. The van der Waals surface area contributed by atoms with Crippen molar-refractivity contribution in [3.05, 3.63) is 78.9 Å². The quantitative estimate of drug-likeness (QED) is 0.212. The Hall–Kier alpha value is -0.993. The average molecular weight is 675 g/mol. The number of allylic oxidation sites excluding steroid dienone is 2. The molecule has 2 aromatic carbocycles. The maximum absolute atomic E-state index is 3.58. The van der Waals surface area contributed by atoms with Gasteiger partial charge in [-0.15, -0.1) is 0 Å². The molecule has 0 bridgehead atoms. The Morgan fingerprint density at radius 1 is 0.676 bits per heavy atom. The number of rotatable bonds is 6. The fraction of sp³-hybridized carbons (Fsp3) is 0.543. The van der Waals surface area contributed by atoms with Crippen molar-refractivity contribution in [3.63, 3.8) is 0 Å². The van der Waals surface area contributed by atoms with Crippen LogP contribution in [0.25, 0.3) is 12.2 Å². The fourth-order valence-electron chi connectivity index (χ4n) is 9.33. The fourth-order valence-corrected chi connectivity index (χ4v) is 48.9. The van der Waals surface area contributed by atoms with Gasteiger partial charge < -0.3 is 0 Å². The van der Waals surface area contributed by atoms with Crippen molar-refractivity contribution in [2.75, 3.05) is 0 Å². The first-order valence-electron chi connectivity index (χ1n) is 15.4. The van der Waals surface area contributed by atoms with Crippen LogP contribution in [0.4, 0.5) is 0 Å². The summed E-state index contributed by atoms with van der Waals surface area (Å²) < 4.78 is 7.30. The first-order chi connectivity index (χ1) is 17.7. The first kappa shape index (κ1) is 26.2. The van der Waals surface area contributed by atoms with Gasteiger partial charge in [0.2, 0.25) is 0 Å². The molecule has 196 valence electrons. The molecule has 6 rings (SSSR count). The summed E-state index contributed by atoms with van der Waals surface area (Å²) in [5, 5.41) is 0. The van der Waals surface area contributed by atoms with Gasteiger partial charge in [-0.3, -0.25) is 0 Å². The van der Waals surface area contributed by atoms with E-state index in [-0.39, 0.29) is 0 Å². The molecule has 0 aliphatic heterocycles. The van der Waals surface area contributed by atoms with Crippen molar-refractivity contribution in [3.8, 4) is 0 Å². The van der Waals surface area contributed by atoms with Crippen LogP contribution >= 0.6 is 0 Å². The topological polar surface area (TPSA) is 0 Å². The van der Waals surface area contributed by atoms with Gasteiger partial charge in [-0.25, -0.2) is 0 Å². The third-order valence-electron chi connectivity index (χ3n) is 11.5. The molecule has 0 fully saturated rings. The normalized spacial score (nSPS) is 21.4. The molecule has 2 heteroatoms. The van der Waals surface area contributed by atoms with Crippen molar-refractivity contribution in [1.29, 1.82) is 0 Å². The van der Waals surface area contributed by atoms with Crippen molar-refractivity contribution < 1.29 is 17.1 Å². The number of fused-ring (bicyclic) bond motifs is 4. The molecule has 0 N–H and O–H groups in total. The monoisotopic (exact) mass is 676 g/mol. The Balaban J connectivity index is 1.58. The molecule has 2 aromatic rings. The van der Waals surface area contributed by atoms with Gasteiger partial charge in [0, 0.05) is 0 Å². The van der Waals surface area contributed by atoms with E-state index >= 15 is 0 Å². The van der Waals surface area contributed by atoms with Gasteiger partial charge in [-0.05, 0) is 0 Å². The molecule has 4 aliphatic carbocycles. The summed E-state index contributed by atoms with van der Waals surface area (Å²) in [5.41, 5.74) is 20.3. The SMILES string of the molecule is CCCCC[SiH]=[Hf]([CH3])([CH3])([CH]1C=Cc2c(C)c3c(c(C)c21)CCC3)[CH]1C=Cc2c(C)c3c(c(C)c21)CCC3. The Kier molecular flexibility index (Phi) is 6.59. The number of benzene rings is 2. The Bertz CT molecular complexity index is 1340. The minimum absolute atomic E-state index is 0.482. The van der Waals surface area contributed by atoms with Crippen LogP contribution in [0.3, 0.4) is 0 Å². The molecule has 37 heavy (non-hydrogen) atoms. The van der Waals surface area contributed by atoms with Crippen LogP contribution in [0, 0.1) is 27.7 Å². The third-order valence-corrected chi connectivity index (χ3v) is 53.9. The van der Waals surface area contributed by atoms with E-state index in [1.807, 2.05) is 0 Å². The maximum atomic E-state index is 2.94. The van der Waals surface area contributed by atoms with E-state index in [9.17, 15) is 0 Å². The standard InChI is InChI=1S/2C14H15.C5H12Si.2CH3.Hf/c2*1-9-11-5-3-7-13(11)10(2)14-8-4-6-12(9)14;1-2-3-4-5-6;;;/h2*3,5,7H,4,6,8H2,1-2H3;6H,2-5H2,1H3;2*1H3;. The van der Waals surface area contributed by atoms with E-state index in [0.717, 1.165) is 0 Å². The second-order valence-electron chi connectivity index (χ2n) is 13.9. The summed E-state index contributed by atoms with van der Waals surface area (Å²) in [6.07, 6.45) is 23.3.